The van der Waals surface area contributed by atoms with Crippen LogP contribution in [0.4, 0.5) is 5.69 Å². The second kappa shape index (κ2) is 5.97. The second-order valence-electron chi connectivity index (χ2n) is 3.70. The standard InChI is InChI=1S/C11H14N2O5/c1-7(6-14)12-11(15)8-3-4-10(18-2)9(5-8)13(16)17/h3-5,7,14H,6H2,1-2H3,(H,12,15)/t7-/m0/s1. The normalized spacial score (nSPS) is 11.7. The molecule has 0 aliphatic rings. The highest BCUT2D eigenvalue weighted by Crippen LogP contribution is 2.27. The Balaban J connectivity index is 3.01. The Kier molecular flexibility index (Phi) is 4.61. The number of carbonyl (C=O) groups is 1. The Morgan fingerprint density at radius 3 is 2.78 bits per heavy atom. The number of benzene rings is 1. The van der Waals surface area contributed by atoms with E-state index < -0.39 is 16.9 Å². The number of ether oxygens (including phenoxy) is 1. The molecule has 0 fully saturated rings. The van der Waals surface area contributed by atoms with Crippen molar-refractivity contribution in [3.05, 3.63) is 33.9 Å². The molecule has 1 amide bonds. The van der Waals surface area contributed by atoms with E-state index in [4.69, 9.17) is 9.84 Å². The third kappa shape index (κ3) is 3.17. The maximum atomic E-state index is 11.7. The molecule has 0 aromatic heterocycles. The van der Waals surface area contributed by atoms with E-state index >= 15 is 0 Å². The van der Waals surface area contributed by atoms with E-state index in [2.05, 4.69) is 5.32 Å². The lowest BCUT2D eigenvalue weighted by atomic mass is 10.1. The quantitative estimate of drug-likeness (QED) is 0.595. The molecule has 0 spiro atoms. The Morgan fingerprint density at radius 2 is 2.28 bits per heavy atom. The molecular formula is C11H14N2O5. The summed E-state index contributed by atoms with van der Waals surface area (Å²) in [6.07, 6.45) is 0. The van der Waals surface area contributed by atoms with Crippen LogP contribution in [-0.4, -0.2) is 35.7 Å². The molecule has 0 radical (unpaired) electrons. The van der Waals surface area contributed by atoms with Gasteiger partial charge in [-0.1, -0.05) is 0 Å². The highest BCUT2D eigenvalue weighted by Gasteiger charge is 2.18. The molecule has 7 heteroatoms. The molecule has 18 heavy (non-hydrogen) atoms. The number of aliphatic hydroxyl groups excluding tert-OH is 1. The van der Waals surface area contributed by atoms with Crippen molar-refractivity contribution in [2.24, 2.45) is 0 Å². The topological polar surface area (TPSA) is 102 Å². The minimum Gasteiger partial charge on any atom is -0.490 e. The van der Waals surface area contributed by atoms with Crippen molar-refractivity contribution in [3.63, 3.8) is 0 Å². The van der Waals surface area contributed by atoms with Crippen LogP contribution >= 0.6 is 0 Å². The van der Waals surface area contributed by atoms with Crippen LogP contribution in [0.1, 0.15) is 17.3 Å². The van der Waals surface area contributed by atoms with Crippen molar-refractivity contribution in [3.8, 4) is 5.75 Å². The number of amides is 1. The van der Waals surface area contributed by atoms with Crippen molar-refractivity contribution in [2.75, 3.05) is 13.7 Å². The van der Waals surface area contributed by atoms with E-state index in [1.54, 1.807) is 6.92 Å². The molecule has 0 unspecified atom stereocenters. The largest absolute Gasteiger partial charge is 0.490 e. The number of rotatable bonds is 5. The van der Waals surface area contributed by atoms with Crippen molar-refractivity contribution in [1.82, 2.24) is 5.32 Å². The maximum absolute atomic E-state index is 11.7. The van der Waals surface area contributed by atoms with Crippen LogP contribution in [0, 0.1) is 10.1 Å². The number of nitrogens with one attached hydrogen (secondary N) is 1. The lowest BCUT2D eigenvalue weighted by Gasteiger charge is -2.11. The van der Waals surface area contributed by atoms with Crippen LogP contribution in [0.5, 0.6) is 5.75 Å². The summed E-state index contributed by atoms with van der Waals surface area (Å²) in [7, 11) is 1.32. The summed E-state index contributed by atoms with van der Waals surface area (Å²) in [4.78, 5) is 21.9. The lowest BCUT2D eigenvalue weighted by Crippen LogP contribution is -2.34. The van der Waals surface area contributed by atoms with E-state index in [0.29, 0.717) is 0 Å². The van der Waals surface area contributed by atoms with Crippen LogP contribution < -0.4 is 10.1 Å². The van der Waals surface area contributed by atoms with Gasteiger partial charge in [-0.15, -0.1) is 0 Å². The van der Waals surface area contributed by atoms with Crippen molar-refractivity contribution in [1.29, 1.82) is 0 Å². The number of nitro benzene ring substituents is 1. The molecule has 1 atom stereocenters. The molecule has 98 valence electrons. The van der Waals surface area contributed by atoms with Gasteiger partial charge in [0.2, 0.25) is 0 Å². The van der Waals surface area contributed by atoms with E-state index in [0.717, 1.165) is 6.07 Å². The van der Waals surface area contributed by atoms with Crippen LogP contribution in [0.15, 0.2) is 18.2 Å². The summed E-state index contributed by atoms with van der Waals surface area (Å²) in [6, 6.07) is 3.50. The Bertz CT molecular complexity index is 461. The van der Waals surface area contributed by atoms with E-state index in [-0.39, 0.29) is 23.6 Å². The van der Waals surface area contributed by atoms with Crippen LogP contribution in [0.2, 0.25) is 0 Å². The molecule has 1 aromatic carbocycles. The van der Waals surface area contributed by atoms with Crippen LogP contribution in [0.25, 0.3) is 0 Å². The first-order valence-corrected chi connectivity index (χ1v) is 5.23. The number of hydrogen-bond acceptors (Lipinski definition) is 5. The Labute approximate surface area is 104 Å². The average Bonchev–Trinajstić information content (AvgIpc) is 2.37. The molecule has 0 aliphatic carbocycles. The van der Waals surface area contributed by atoms with Gasteiger partial charge >= 0.3 is 5.69 Å². The van der Waals surface area contributed by atoms with Gasteiger partial charge in [0.25, 0.3) is 5.91 Å². The molecule has 0 saturated heterocycles. The SMILES string of the molecule is COc1ccc(C(=O)N[C@@H](C)CO)cc1[N+](=O)[O-]. The van der Waals surface area contributed by atoms with E-state index in [9.17, 15) is 14.9 Å². The zero-order valence-electron chi connectivity index (χ0n) is 10.0. The summed E-state index contributed by atoms with van der Waals surface area (Å²) in [5, 5.41) is 22.1. The summed E-state index contributed by atoms with van der Waals surface area (Å²) in [6.45, 7) is 1.42. The third-order valence-corrected chi connectivity index (χ3v) is 2.29. The average molecular weight is 254 g/mol. The van der Waals surface area contributed by atoms with E-state index in [1.807, 2.05) is 0 Å². The fourth-order valence-corrected chi connectivity index (χ4v) is 1.33. The minimum atomic E-state index is -0.620. The summed E-state index contributed by atoms with van der Waals surface area (Å²) in [5.74, 6) is -0.394. The number of methoxy groups -OCH3 is 1. The van der Waals surface area contributed by atoms with Crippen molar-refractivity contribution < 1.29 is 19.6 Å². The minimum absolute atomic E-state index is 0.0896. The van der Waals surface area contributed by atoms with Gasteiger partial charge < -0.3 is 15.2 Å². The summed E-state index contributed by atoms with van der Waals surface area (Å²) >= 11 is 0. The lowest BCUT2D eigenvalue weighted by molar-refractivity contribution is -0.385. The predicted octanol–water partition coefficient (Wildman–Crippen LogP) is 0.714. The predicted molar refractivity (Wildman–Crippen MR) is 63.7 cm³/mol. The summed E-state index contributed by atoms with van der Waals surface area (Å²) < 4.78 is 4.83. The van der Waals surface area contributed by atoms with Gasteiger partial charge in [-0.05, 0) is 19.1 Å². The number of nitrogens with zero attached hydrogens (tertiary/aromatic N) is 1. The third-order valence-electron chi connectivity index (χ3n) is 2.29. The number of nitro groups is 1. The fraction of sp³-hybridized carbons (Fsp3) is 0.364. The number of hydrogen-bond donors (Lipinski definition) is 2. The van der Waals surface area contributed by atoms with Crippen LogP contribution in [0.3, 0.4) is 0 Å². The van der Waals surface area contributed by atoms with Gasteiger partial charge in [-0.2, -0.15) is 0 Å². The number of carbonyl (C=O) groups excluding carboxylic acids is 1. The molecule has 1 aromatic rings. The van der Waals surface area contributed by atoms with Crippen LogP contribution in [-0.2, 0) is 0 Å². The molecular weight excluding hydrogens is 240 g/mol. The van der Waals surface area contributed by atoms with Gasteiger partial charge in [0.1, 0.15) is 0 Å². The van der Waals surface area contributed by atoms with Crippen molar-refractivity contribution in [2.45, 2.75) is 13.0 Å². The fourth-order valence-electron chi connectivity index (χ4n) is 1.33. The highest BCUT2D eigenvalue weighted by molar-refractivity contribution is 5.95. The smallest absolute Gasteiger partial charge is 0.311 e. The summed E-state index contributed by atoms with van der Waals surface area (Å²) in [5.41, 5.74) is -0.135. The number of aliphatic hydroxyl groups is 1. The monoisotopic (exact) mass is 254 g/mol. The Hall–Kier alpha value is -2.15. The first-order valence-electron chi connectivity index (χ1n) is 5.23. The Morgan fingerprint density at radius 1 is 1.61 bits per heavy atom. The molecule has 0 heterocycles. The van der Waals surface area contributed by atoms with Gasteiger partial charge in [-0.3, -0.25) is 14.9 Å². The molecule has 0 saturated carbocycles. The maximum Gasteiger partial charge on any atom is 0.311 e. The first kappa shape index (κ1) is 13.9. The zero-order chi connectivity index (χ0) is 13.7. The van der Waals surface area contributed by atoms with E-state index in [1.165, 1.54) is 19.2 Å². The molecule has 7 nitrogen and oxygen atoms in total. The zero-order valence-corrected chi connectivity index (χ0v) is 10.0. The second-order valence-corrected chi connectivity index (χ2v) is 3.70. The van der Waals surface area contributed by atoms with Crippen molar-refractivity contribution >= 4 is 11.6 Å². The van der Waals surface area contributed by atoms with Gasteiger partial charge in [0.05, 0.1) is 18.6 Å². The first-order chi connectivity index (χ1) is 8.49. The van der Waals surface area contributed by atoms with Gasteiger partial charge in [0, 0.05) is 17.7 Å². The highest BCUT2D eigenvalue weighted by atomic mass is 16.6. The van der Waals surface area contributed by atoms with Gasteiger partial charge in [0.15, 0.2) is 5.75 Å². The molecule has 0 bridgehead atoms. The molecule has 1 rings (SSSR count). The molecule has 0 aliphatic heterocycles. The molecule has 2 N–H and O–H groups in total. The van der Waals surface area contributed by atoms with Gasteiger partial charge in [-0.25, -0.2) is 0 Å².